The molecule has 0 fully saturated rings. The van der Waals surface area contributed by atoms with Crippen LogP contribution in [-0.4, -0.2) is 37.8 Å². The molecule has 0 aromatic carbocycles. The Morgan fingerprint density at radius 1 is 1.38 bits per heavy atom. The summed E-state index contributed by atoms with van der Waals surface area (Å²) in [6, 6.07) is 2.44. The van der Waals surface area contributed by atoms with Gasteiger partial charge >= 0.3 is 5.97 Å². The van der Waals surface area contributed by atoms with Crippen molar-refractivity contribution in [2.45, 2.75) is 25.9 Å². The zero-order valence-electron chi connectivity index (χ0n) is 11.6. The highest BCUT2D eigenvalue weighted by Gasteiger charge is 2.21. The van der Waals surface area contributed by atoms with Crippen LogP contribution in [0.25, 0.3) is 0 Å². The van der Waals surface area contributed by atoms with Gasteiger partial charge in [-0.2, -0.15) is 5.10 Å². The van der Waals surface area contributed by atoms with E-state index in [1.807, 2.05) is 6.92 Å². The van der Waals surface area contributed by atoms with E-state index in [1.54, 1.807) is 35.4 Å². The third kappa shape index (κ3) is 3.88. The smallest absolute Gasteiger partial charge is 0.326 e. The lowest BCUT2D eigenvalue weighted by Crippen LogP contribution is -2.42. The van der Waals surface area contributed by atoms with E-state index in [2.05, 4.69) is 15.4 Å². The van der Waals surface area contributed by atoms with Crippen molar-refractivity contribution in [1.29, 1.82) is 0 Å². The third-order valence-corrected chi connectivity index (χ3v) is 3.01. The molecule has 7 heteroatoms. The van der Waals surface area contributed by atoms with Gasteiger partial charge in [0.05, 0.1) is 11.8 Å². The Labute approximate surface area is 121 Å². The molecule has 0 aliphatic carbocycles. The summed E-state index contributed by atoms with van der Waals surface area (Å²) in [7, 11) is 0. The van der Waals surface area contributed by atoms with Gasteiger partial charge in [0.1, 0.15) is 6.04 Å². The highest BCUT2D eigenvalue weighted by molar-refractivity contribution is 5.96. The van der Waals surface area contributed by atoms with Gasteiger partial charge < -0.3 is 10.4 Å². The van der Waals surface area contributed by atoms with Gasteiger partial charge in [-0.3, -0.25) is 14.5 Å². The summed E-state index contributed by atoms with van der Waals surface area (Å²) in [5.41, 5.74) is 1.14. The first-order chi connectivity index (χ1) is 10.1. The van der Waals surface area contributed by atoms with Crippen LogP contribution in [-0.2, 0) is 17.8 Å². The SMILES string of the molecule is CCn1cc(C(=O)NC(Cc2ccncc2)C(=O)O)cn1. The lowest BCUT2D eigenvalue weighted by molar-refractivity contribution is -0.139. The highest BCUT2D eigenvalue weighted by atomic mass is 16.4. The second-order valence-electron chi connectivity index (χ2n) is 4.51. The molecule has 0 aliphatic rings. The van der Waals surface area contributed by atoms with E-state index in [0.29, 0.717) is 12.1 Å². The standard InChI is InChI=1S/C14H16N4O3/c1-2-18-9-11(8-16-18)13(19)17-12(14(20)21)7-10-3-5-15-6-4-10/h3-6,8-9,12H,2,7H2,1H3,(H,17,19)(H,20,21). The molecular formula is C14H16N4O3. The first-order valence-electron chi connectivity index (χ1n) is 6.55. The van der Waals surface area contributed by atoms with E-state index < -0.39 is 17.9 Å². The minimum Gasteiger partial charge on any atom is -0.480 e. The number of hydrogen-bond acceptors (Lipinski definition) is 4. The summed E-state index contributed by atoms with van der Waals surface area (Å²) >= 11 is 0. The van der Waals surface area contributed by atoms with Gasteiger partial charge in [-0.1, -0.05) is 0 Å². The Kier molecular flexibility index (Phi) is 4.65. The van der Waals surface area contributed by atoms with Crippen molar-refractivity contribution in [2.24, 2.45) is 0 Å². The van der Waals surface area contributed by atoms with Crippen molar-refractivity contribution in [3.63, 3.8) is 0 Å². The number of carbonyl (C=O) groups excluding carboxylic acids is 1. The number of carboxylic acids is 1. The molecule has 7 nitrogen and oxygen atoms in total. The van der Waals surface area contributed by atoms with Crippen LogP contribution in [0.15, 0.2) is 36.9 Å². The molecule has 1 atom stereocenters. The van der Waals surface area contributed by atoms with Crippen LogP contribution in [0, 0.1) is 0 Å². The first kappa shape index (κ1) is 14.7. The van der Waals surface area contributed by atoms with Crippen molar-refractivity contribution >= 4 is 11.9 Å². The van der Waals surface area contributed by atoms with E-state index in [-0.39, 0.29) is 6.42 Å². The molecule has 0 spiro atoms. The van der Waals surface area contributed by atoms with Crippen LogP contribution >= 0.6 is 0 Å². The minimum absolute atomic E-state index is 0.200. The molecule has 2 rings (SSSR count). The molecule has 2 aromatic rings. The fraction of sp³-hybridized carbons (Fsp3) is 0.286. The van der Waals surface area contributed by atoms with Gasteiger partial charge in [0.25, 0.3) is 5.91 Å². The zero-order valence-corrected chi connectivity index (χ0v) is 11.6. The summed E-state index contributed by atoms with van der Waals surface area (Å²) in [5, 5.41) is 15.7. The van der Waals surface area contributed by atoms with Crippen LogP contribution in [0.2, 0.25) is 0 Å². The molecule has 2 N–H and O–H groups in total. The molecular weight excluding hydrogens is 272 g/mol. The summed E-state index contributed by atoms with van der Waals surface area (Å²) in [5.74, 6) is -1.53. The summed E-state index contributed by atoms with van der Waals surface area (Å²) in [4.78, 5) is 27.2. The normalized spacial score (nSPS) is 11.9. The number of rotatable bonds is 6. The molecule has 2 heterocycles. The van der Waals surface area contributed by atoms with Crippen LogP contribution in [0.1, 0.15) is 22.8 Å². The van der Waals surface area contributed by atoms with Gasteiger partial charge in [-0.15, -0.1) is 0 Å². The highest BCUT2D eigenvalue weighted by Crippen LogP contribution is 2.04. The molecule has 1 unspecified atom stereocenters. The molecule has 21 heavy (non-hydrogen) atoms. The number of nitrogens with one attached hydrogen (secondary N) is 1. The van der Waals surface area contributed by atoms with Crippen molar-refractivity contribution in [2.75, 3.05) is 0 Å². The van der Waals surface area contributed by atoms with Gasteiger partial charge in [0.2, 0.25) is 0 Å². The number of hydrogen-bond donors (Lipinski definition) is 2. The fourth-order valence-electron chi connectivity index (χ4n) is 1.85. The van der Waals surface area contributed by atoms with Crippen molar-refractivity contribution in [3.05, 3.63) is 48.0 Å². The Morgan fingerprint density at radius 3 is 2.67 bits per heavy atom. The van der Waals surface area contributed by atoms with E-state index in [4.69, 9.17) is 0 Å². The Balaban J connectivity index is 2.05. The monoisotopic (exact) mass is 288 g/mol. The zero-order chi connectivity index (χ0) is 15.2. The number of pyridine rings is 1. The quantitative estimate of drug-likeness (QED) is 0.816. The topological polar surface area (TPSA) is 97.1 Å². The van der Waals surface area contributed by atoms with Crippen molar-refractivity contribution < 1.29 is 14.7 Å². The van der Waals surface area contributed by atoms with Crippen LogP contribution < -0.4 is 5.32 Å². The second kappa shape index (κ2) is 6.65. The predicted octanol–water partition coefficient (Wildman–Crippen LogP) is 0.724. The molecule has 0 saturated carbocycles. The third-order valence-electron chi connectivity index (χ3n) is 3.01. The minimum atomic E-state index is -1.08. The molecule has 1 amide bonds. The van der Waals surface area contributed by atoms with E-state index in [0.717, 1.165) is 5.56 Å². The van der Waals surface area contributed by atoms with E-state index in [1.165, 1.54) is 6.20 Å². The number of aliphatic carboxylic acids is 1. The molecule has 2 aromatic heterocycles. The number of aryl methyl sites for hydroxylation is 1. The average Bonchev–Trinajstić information content (AvgIpc) is 2.96. The molecule has 0 radical (unpaired) electrons. The Hall–Kier alpha value is -2.70. The Morgan fingerprint density at radius 2 is 2.10 bits per heavy atom. The van der Waals surface area contributed by atoms with E-state index >= 15 is 0 Å². The van der Waals surface area contributed by atoms with Gasteiger partial charge in [-0.25, -0.2) is 4.79 Å². The van der Waals surface area contributed by atoms with Crippen molar-refractivity contribution in [1.82, 2.24) is 20.1 Å². The van der Waals surface area contributed by atoms with Crippen LogP contribution in [0.5, 0.6) is 0 Å². The maximum Gasteiger partial charge on any atom is 0.326 e. The van der Waals surface area contributed by atoms with Gasteiger partial charge in [0.15, 0.2) is 0 Å². The molecule has 0 bridgehead atoms. The summed E-state index contributed by atoms with van der Waals surface area (Å²) in [6.07, 6.45) is 6.37. The molecule has 0 aliphatic heterocycles. The number of aromatic nitrogens is 3. The average molecular weight is 288 g/mol. The largest absolute Gasteiger partial charge is 0.480 e. The Bertz CT molecular complexity index is 624. The van der Waals surface area contributed by atoms with E-state index in [9.17, 15) is 14.7 Å². The first-order valence-corrected chi connectivity index (χ1v) is 6.55. The summed E-state index contributed by atoms with van der Waals surface area (Å²) in [6.45, 7) is 2.55. The predicted molar refractivity (Wildman–Crippen MR) is 74.7 cm³/mol. The summed E-state index contributed by atoms with van der Waals surface area (Å²) < 4.78 is 1.60. The maximum absolute atomic E-state index is 12.0. The maximum atomic E-state index is 12.0. The van der Waals surface area contributed by atoms with Gasteiger partial charge in [0, 0.05) is 31.6 Å². The lowest BCUT2D eigenvalue weighted by Gasteiger charge is -2.13. The van der Waals surface area contributed by atoms with Crippen molar-refractivity contribution in [3.8, 4) is 0 Å². The number of carboxylic acid groups (broad SMARTS) is 1. The number of nitrogens with zero attached hydrogens (tertiary/aromatic N) is 3. The molecule has 0 saturated heterocycles. The number of carbonyl (C=O) groups is 2. The fourth-order valence-corrected chi connectivity index (χ4v) is 1.85. The lowest BCUT2D eigenvalue weighted by atomic mass is 10.1. The number of amides is 1. The van der Waals surface area contributed by atoms with Crippen LogP contribution in [0.3, 0.4) is 0 Å². The van der Waals surface area contributed by atoms with Crippen LogP contribution in [0.4, 0.5) is 0 Å². The molecule has 110 valence electrons. The second-order valence-corrected chi connectivity index (χ2v) is 4.51. The van der Waals surface area contributed by atoms with Gasteiger partial charge in [-0.05, 0) is 24.6 Å².